The lowest BCUT2D eigenvalue weighted by molar-refractivity contribution is 1.02. The zero-order chi connectivity index (χ0) is 8.27. The van der Waals surface area contributed by atoms with Crippen LogP contribution in [-0.2, 0) is 0 Å². The summed E-state index contributed by atoms with van der Waals surface area (Å²) in [6.07, 6.45) is 1.75. The second-order valence-corrected chi connectivity index (χ2v) is 3.19. The first-order chi connectivity index (χ1) is 5.27. The average Bonchev–Trinajstić information content (AvgIpc) is 2.39. The van der Waals surface area contributed by atoms with E-state index in [4.69, 9.17) is 5.84 Å². The maximum atomic E-state index is 5.22. The first kappa shape index (κ1) is 8.16. The molecule has 0 saturated carbocycles. The number of hydrogen-bond donors (Lipinski definition) is 2. The zero-order valence-electron chi connectivity index (χ0n) is 6.46. The minimum Gasteiger partial charge on any atom is -0.308 e. The number of aliphatic imine (C=N–C) groups is 1. The monoisotopic (exact) mass is 170 g/mol. The maximum Gasteiger partial charge on any atom is 0.154 e. The third kappa shape index (κ3) is 1.75. The number of hydrogen-bond acceptors (Lipinski definition) is 4. The van der Waals surface area contributed by atoms with Gasteiger partial charge in [0.25, 0.3) is 0 Å². The summed E-state index contributed by atoms with van der Waals surface area (Å²) in [7, 11) is 1.68. The number of rotatable bonds is 1. The van der Waals surface area contributed by atoms with Crippen LogP contribution in [-0.4, -0.2) is 17.9 Å². The number of thiazole rings is 1. The molecule has 0 bridgehead atoms. The molecule has 0 aliphatic carbocycles. The van der Waals surface area contributed by atoms with E-state index in [0.29, 0.717) is 5.84 Å². The minimum absolute atomic E-state index is 0.676. The molecule has 1 rings (SSSR count). The van der Waals surface area contributed by atoms with Crippen molar-refractivity contribution in [1.29, 1.82) is 0 Å². The van der Waals surface area contributed by atoms with Gasteiger partial charge in [0.15, 0.2) is 5.84 Å². The van der Waals surface area contributed by atoms with Crippen LogP contribution >= 0.6 is 11.3 Å². The molecule has 1 aromatic heterocycles. The number of hydrazine groups is 1. The Bertz CT molecular complexity index is 265. The molecule has 1 aromatic rings. The lowest BCUT2D eigenvalue weighted by atomic mass is 10.5. The molecule has 0 radical (unpaired) electrons. The van der Waals surface area contributed by atoms with Gasteiger partial charge in [0, 0.05) is 13.2 Å². The number of aryl methyl sites for hydroxylation is 1. The maximum absolute atomic E-state index is 5.22. The number of nitrogens with zero attached hydrogens (tertiary/aromatic N) is 2. The summed E-state index contributed by atoms with van der Waals surface area (Å²) in [5, 5.41) is 1.01. The molecule has 0 aromatic carbocycles. The molecule has 5 heteroatoms. The van der Waals surface area contributed by atoms with Crippen molar-refractivity contribution < 1.29 is 0 Å². The van der Waals surface area contributed by atoms with E-state index in [1.54, 1.807) is 24.6 Å². The molecule has 0 aliphatic heterocycles. The summed E-state index contributed by atoms with van der Waals surface area (Å²) in [6.45, 7) is 1.94. The molecular weight excluding hydrogens is 160 g/mol. The number of amidine groups is 1. The van der Waals surface area contributed by atoms with Crippen molar-refractivity contribution in [2.75, 3.05) is 7.05 Å². The fraction of sp³-hybridized carbons (Fsp3) is 0.333. The number of aromatic nitrogens is 1. The van der Waals surface area contributed by atoms with Gasteiger partial charge in [0.1, 0.15) is 0 Å². The van der Waals surface area contributed by atoms with Gasteiger partial charge >= 0.3 is 0 Å². The molecule has 1 heterocycles. The molecule has 3 N–H and O–H groups in total. The van der Waals surface area contributed by atoms with E-state index in [1.807, 2.05) is 6.92 Å². The Morgan fingerprint density at radius 3 is 2.91 bits per heavy atom. The standard InChI is InChI=1S/C6H10N4S/c1-4-9-3-5(11-4)6(8-2)10-7/h3H,7H2,1-2H3,(H,8,10). The van der Waals surface area contributed by atoms with Crippen LogP contribution in [0.4, 0.5) is 0 Å². The van der Waals surface area contributed by atoms with E-state index in [2.05, 4.69) is 15.4 Å². The Morgan fingerprint density at radius 2 is 2.55 bits per heavy atom. The second kappa shape index (κ2) is 3.45. The van der Waals surface area contributed by atoms with Crippen LogP contribution < -0.4 is 11.3 Å². The predicted molar refractivity (Wildman–Crippen MR) is 46.6 cm³/mol. The van der Waals surface area contributed by atoms with Crippen LogP contribution in [0.15, 0.2) is 11.2 Å². The molecule has 0 saturated heterocycles. The summed E-state index contributed by atoms with van der Waals surface area (Å²) < 4.78 is 0. The Morgan fingerprint density at radius 1 is 1.82 bits per heavy atom. The molecule has 0 atom stereocenters. The second-order valence-electron chi connectivity index (χ2n) is 1.96. The third-order valence-corrected chi connectivity index (χ3v) is 2.13. The molecule has 60 valence electrons. The highest BCUT2D eigenvalue weighted by Gasteiger charge is 2.02. The van der Waals surface area contributed by atoms with Crippen molar-refractivity contribution in [1.82, 2.24) is 10.4 Å². The fourth-order valence-electron chi connectivity index (χ4n) is 0.717. The number of nitrogens with two attached hydrogens (primary N) is 1. The first-order valence-corrected chi connectivity index (χ1v) is 3.95. The van der Waals surface area contributed by atoms with Gasteiger partial charge in [-0.15, -0.1) is 11.3 Å². The summed E-state index contributed by atoms with van der Waals surface area (Å²) >= 11 is 1.56. The van der Waals surface area contributed by atoms with Gasteiger partial charge in [-0.25, -0.2) is 10.8 Å². The van der Waals surface area contributed by atoms with Crippen molar-refractivity contribution in [2.45, 2.75) is 6.92 Å². The molecule has 0 fully saturated rings. The van der Waals surface area contributed by atoms with Crippen molar-refractivity contribution in [2.24, 2.45) is 10.8 Å². The summed E-state index contributed by atoms with van der Waals surface area (Å²) in [6, 6.07) is 0. The third-order valence-electron chi connectivity index (χ3n) is 1.21. The predicted octanol–water partition coefficient (Wildman–Crippen LogP) is 0.291. The normalized spacial score (nSPS) is 11.7. The molecular formula is C6H10N4S. The molecule has 0 amide bonds. The van der Waals surface area contributed by atoms with Crippen molar-refractivity contribution in [3.63, 3.8) is 0 Å². The van der Waals surface area contributed by atoms with Crippen LogP contribution in [0.25, 0.3) is 0 Å². The van der Waals surface area contributed by atoms with Crippen LogP contribution in [0.2, 0.25) is 0 Å². The van der Waals surface area contributed by atoms with Gasteiger partial charge in [-0.1, -0.05) is 0 Å². The van der Waals surface area contributed by atoms with E-state index < -0.39 is 0 Å². The first-order valence-electron chi connectivity index (χ1n) is 3.14. The number of nitrogens with one attached hydrogen (secondary N) is 1. The van der Waals surface area contributed by atoms with E-state index in [-0.39, 0.29) is 0 Å². The van der Waals surface area contributed by atoms with Crippen molar-refractivity contribution >= 4 is 17.2 Å². The Kier molecular flexibility index (Phi) is 2.56. The molecule has 0 spiro atoms. The minimum atomic E-state index is 0.676. The van der Waals surface area contributed by atoms with Crippen molar-refractivity contribution in [3.05, 3.63) is 16.1 Å². The van der Waals surface area contributed by atoms with Gasteiger partial charge < -0.3 is 5.43 Å². The SMILES string of the molecule is CN=C(NN)c1cnc(C)s1. The lowest BCUT2D eigenvalue weighted by Crippen LogP contribution is -2.30. The van der Waals surface area contributed by atoms with Gasteiger partial charge in [0.05, 0.1) is 9.88 Å². The summed E-state index contributed by atoms with van der Waals surface area (Å²) in [4.78, 5) is 8.98. The van der Waals surface area contributed by atoms with Crippen LogP contribution in [0.5, 0.6) is 0 Å². The van der Waals surface area contributed by atoms with Gasteiger partial charge in [-0.2, -0.15) is 0 Å². The quantitative estimate of drug-likeness (QED) is 0.275. The van der Waals surface area contributed by atoms with Crippen molar-refractivity contribution in [3.8, 4) is 0 Å². The highest BCUT2D eigenvalue weighted by molar-refractivity contribution is 7.13. The largest absolute Gasteiger partial charge is 0.308 e. The smallest absolute Gasteiger partial charge is 0.154 e. The molecule has 0 unspecified atom stereocenters. The van der Waals surface area contributed by atoms with E-state index in [1.165, 1.54) is 0 Å². The van der Waals surface area contributed by atoms with E-state index >= 15 is 0 Å². The summed E-state index contributed by atoms with van der Waals surface area (Å²) in [5.41, 5.74) is 2.50. The van der Waals surface area contributed by atoms with E-state index in [9.17, 15) is 0 Å². The Hall–Kier alpha value is -0.940. The topological polar surface area (TPSA) is 63.3 Å². The van der Waals surface area contributed by atoms with Gasteiger partial charge in [-0.05, 0) is 6.92 Å². The Labute approximate surface area is 69.1 Å². The highest BCUT2D eigenvalue weighted by atomic mass is 32.1. The Balaban J connectivity index is 2.91. The molecule has 4 nitrogen and oxygen atoms in total. The van der Waals surface area contributed by atoms with E-state index in [0.717, 1.165) is 9.88 Å². The van der Waals surface area contributed by atoms with Gasteiger partial charge in [0.2, 0.25) is 0 Å². The zero-order valence-corrected chi connectivity index (χ0v) is 7.27. The lowest BCUT2D eigenvalue weighted by Gasteiger charge is -1.97. The van der Waals surface area contributed by atoms with Crippen LogP contribution in [0.1, 0.15) is 9.88 Å². The van der Waals surface area contributed by atoms with Crippen LogP contribution in [0.3, 0.4) is 0 Å². The average molecular weight is 170 g/mol. The fourth-order valence-corrected chi connectivity index (χ4v) is 1.49. The molecule has 11 heavy (non-hydrogen) atoms. The molecule has 0 aliphatic rings. The van der Waals surface area contributed by atoms with Crippen LogP contribution in [0, 0.1) is 6.92 Å². The van der Waals surface area contributed by atoms with Gasteiger partial charge in [-0.3, -0.25) is 4.99 Å². The summed E-state index contributed by atoms with van der Waals surface area (Å²) in [5.74, 6) is 5.90. The highest BCUT2D eigenvalue weighted by Crippen LogP contribution is 2.10.